The molecule has 12 nitrogen and oxygen atoms in total. The molecule has 0 radical (unpaired) electrons. The van der Waals surface area contributed by atoms with Crippen LogP contribution in [0.4, 0.5) is 11.4 Å². The molecule has 0 spiro atoms. The number of carbonyl (C=O) groups is 2. The van der Waals surface area contributed by atoms with E-state index in [4.69, 9.17) is 0 Å². The van der Waals surface area contributed by atoms with E-state index in [-0.39, 0.29) is 40.2 Å². The highest BCUT2D eigenvalue weighted by atomic mass is 79.9. The number of non-ortho nitro benzene ring substituents is 1. The zero-order chi connectivity index (χ0) is 23.7. The molecule has 1 amide bonds. The number of amides is 1. The van der Waals surface area contributed by atoms with Gasteiger partial charge in [-0.15, -0.1) is 17.0 Å². The van der Waals surface area contributed by atoms with Gasteiger partial charge >= 0.3 is 17.1 Å². The minimum absolute atomic E-state index is 0. The van der Waals surface area contributed by atoms with Crippen LogP contribution in [-0.2, 0) is 22.6 Å². The highest BCUT2D eigenvalue weighted by Crippen LogP contribution is 2.27. The summed E-state index contributed by atoms with van der Waals surface area (Å²) in [6.45, 7) is -0.559. The zero-order valence-corrected chi connectivity index (χ0v) is 19.3. The van der Waals surface area contributed by atoms with Crippen molar-refractivity contribution < 1.29 is 19.6 Å². The Kier molecular flexibility index (Phi) is 7.27. The van der Waals surface area contributed by atoms with Crippen LogP contribution in [0.25, 0.3) is 11.0 Å². The molecule has 1 atom stereocenters. The number of aryl methyl sites for hydroxylation is 1. The molecule has 0 saturated carbocycles. The molecule has 178 valence electrons. The SMILES string of the molecule is Br.O=C(O)CN1C(=O)C(NCc2cc([N+](=O)[O-])cc3[nH]c(=O)c(=O)[nH]c23)CCc2ccccc21. The van der Waals surface area contributed by atoms with Gasteiger partial charge in [0.15, 0.2) is 0 Å². The van der Waals surface area contributed by atoms with Crippen LogP contribution in [0.1, 0.15) is 17.5 Å². The van der Waals surface area contributed by atoms with E-state index >= 15 is 0 Å². The fourth-order valence-corrected chi connectivity index (χ4v) is 3.96. The van der Waals surface area contributed by atoms with Crippen molar-refractivity contribution in [2.24, 2.45) is 0 Å². The van der Waals surface area contributed by atoms with Crippen molar-refractivity contribution >= 4 is 51.3 Å². The molecule has 2 heterocycles. The maximum atomic E-state index is 13.2. The normalized spacial score (nSPS) is 15.4. The van der Waals surface area contributed by atoms with E-state index in [9.17, 15) is 34.4 Å². The Hall–Kier alpha value is -3.84. The molecule has 0 fully saturated rings. The number of H-pyrrole nitrogens is 2. The second kappa shape index (κ2) is 9.97. The lowest BCUT2D eigenvalue weighted by Gasteiger charge is -2.25. The highest BCUT2D eigenvalue weighted by molar-refractivity contribution is 8.93. The topological polar surface area (TPSA) is 178 Å². The summed E-state index contributed by atoms with van der Waals surface area (Å²) in [6.07, 6.45) is 0.877. The molecule has 2 aromatic carbocycles. The number of halogens is 1. The quantitative estimate of drug-likeness (QED) is 0.207. The lowest BCUT2D eigenvalue weighted by atomic mass is 10.1. The molecule has 4 rings (SSSR count). The average molecular weight is 534 g/mol. The largest absolute Gasteiger partial charge is 0.480 e. The van der Waals surface area contributed by atoms with E-state index in [0.29, 0.717) is 24.1 Å². The first-order valence-electron chi connectivity index (χ1n) is 10.0. The Bertz CT molecular complexity index is 1400. The Morgan fingerprint density at radius 3 is 2.59 bits per heavy atom. The van der Waals surface area contributed by atoms with Crippen LogP contribution in [0.15, 0.2) is 46.0 Å². The number of nitrogens with zero attached hydrogens (tertiary/aromatic N) is 2. The predicted molar refractivity (Wildman–Crippen MR) is 128 cm³/mol. The van der Waals surface area contributed by atoms with Crippen LogP contribution < -0.4 is 21.3 Å². The highest BCUT2D eigenvalue weighted by Gasteiger charge is 2.31. The third-order valence-electron chi connectivity index (χ3n) is 5.49. The predicted octanol–water partition coefficient (Wildman–Crippen LogP) is 1.22. The summed E-state index contributed by atoms with van der Waals surface area (Å²) in [4.78, 5) is 64.7. The van der Waals surface area contributed by atoms with Crippen molar-refractivity contribution in [3.63, 3.8) is 0 Å². The molecular weight excluding hydrogens is 514 g/mol. The number of benzene rings is 2. The standard InChI is InChI=1S/C21H19N5O7.BrH/c27-17(28)10-25-16-4-2-1-3-11(16)5-6-14(21(25)31)22-9-12-7-13(26(32)33)8-15-18(12)24-20(30)19(29)23-15;/h1-4,7-8,14,22H,5-6,9-10H2,(H,23,29)(H,24,30)(H,27,28);1H. The van der Waals surface area contributed by atoms with Crippen LogP contribution in [-0.4, -0.2) is 44.5 Å². The maximum absolute atomic E-state index is 13.2. The number of anilines is 1. The molecule has 34 heavy (non-hydrogen) atoms. The van der Waals surface area contributed by atoms with Crippen molar-refractivity contribution in [2.75, 3.05) is 11.4 Å². The molecule has 1 unspecified atom stereocenters. The van der Waals surface area contributed by atoms with Gasteiger partial charge < -0.3 is 20.4 Å². The Balaban J connectivity index is 0.00000324. The molecule has 4 N–H and O–H groups in total. The first kappa shape index (κ1) is 24.8. The summed E-state index contributed by atoms with van der Waals surface area (Å²) >= 11 is 0. The number of fused-ring (bicyclic) bond motifs is 2. The molecular formula is C21H20BrN5O7. The van der Waals surface area contributed by atoms with Gasteiger partial charge in [-0.3, -0.25) is 34.2 Å². The van der Waals surface area contributed by atoms with E-state index in [1.54, 1.807) is 12.1 Å². The first-order chi connectivity index (χ1) is 15.7. The summed E-state index contributed by atoms with van der Waals surface area (Å²) in [5.74, 6) is -1.61. The number of hydrogen-bond acceptors (Lipinski definition) is 7. The van der Waals surface area contributed by atoms with Gasteiger partial charge in [0.25, 0.3) is 5.69 Å². The van der Waals surface area contributed by atoms with E-state index in [0.717, 1.165) is 11.6 Å². The Morgan fingerprint density at radius 2 is 1.88 bits per heavy atom. The number of carboxylic acid groups (broad SMARTS) is 1. The molecule has 3 aromatic rings. The minimum atomic E-state index is -1.16. The molecule has 1 aliphatic heterocycles. The van der Waals surface area contributed by atoms with Crippen molar-refractivity contribution in [3.05, 3.63) is 78.3 Å². The summed E-state index contributed by atoms with van der Waals surface area (Å²) in [5, 5.41) is 23.7. The van der Waals surface area contributed by atoms with Crippen molar-refractivity contribution in [1.82, 2.24) is 15.3 Å². The van der Waals surface area contributed by atoms with E-state index in [1.165, 1.54) is 11.0 Å². The van der Waals surface area contributed by atoms with Gasteiger partial charge in [-0.2, -0.15) is 0 Å². The fraction of sp³-hybridized carbons (Fsp3) is 0.238. The molecule has 0 bridgehead atoms. The van der Waals surface area contributed by atoms with Gasteiger partial charge in [0.1, 0.15) is 6.54 Å². The lowest BCUT2D eigenvalue weighted by Crippen LogP contribution is -2.47. The number of aromatic nitrogens is 2. The third-order valence-corrected chi connectivity index (χ3v) is 5.49. The number of carboxylic acids is 1. The van der Waals surface area contributed by atoms with Crippen LogP contribution >= 0.6 is 17.0 Å². The van der Waals surface area contributed by atoms with Gasteiger partial charge in [-0.05, 0) is 30.0 Å². The number of aliphatic carboxylic acids is 1. The van der Waals surface area contributed by atoms with Gasteiger partial charge in [-0.25, -0.2) is 0 Å². The monoisotopic (exact) mass is 533 g/mol. The number of nitro groups is 1. The summed E-state index contributed by atoms with van der Waals surface area (Å²) < 4.78 is 0. The smallest absolute Gasteiger partial charge is 0.323 e. The van der Waals surface area contributed by atoms with E-state index < -0.39 is 40.5 Å². The van der Waals surface area contributed by atoms with Gasteiger partial charge in [-0.1, -0.05) is 18.2 Å². The number of aromatic amines is 2. The summed E-state index contributed by atoms with van der Waals surface area (Å²) in [7, 11) is 0. The maximum Gasteiger partial charge on any atom is 0.323 e. The minimum Gasteiger partial charge on any atom is -0.480 e. The average Bonchev–Trinajstić information content (AvgIpc) is 2.90. The van der Waals surface area contributed by atoms with Gasteiger partial charge in [0, 0.05) is 24.4 Å². The molecule has 1 aromatic heterocycles. The van der Waals surface area contributed by atoms with E-state index in [1.807, 2.05) is 12.1 Å². The first-order valence-corrected chi connectivity index (χ1v) is 10.0. The van der Waals surface area contributed by atoms with Crippen molar-refractivity contribution in [1.29, 1.82) is 0 Å². The lowest BCUT2D eigenvalue weighted by molar-refractivity contribution is -0.384. The number of rotatable bonds is 6. The van der Waals surface area contributed by atoms with Crippen LogP contribution in [0.3, 0.4) is 0 Å². The van der Waals surface area contributed by atoms with E-state index in [2.05, 4.69) is 15.3 Å². The molecule has 13 heteroatoms. The number of para-hydroxylation sites is 1. The molecule has 0 aliphatic carbocycles. The third kappa shape index (κ3) is 4.89. The van der Waals surface area contributed by atoms with Crippen LogP contribution in [0.2, 0.25) is 0 Å². The number of hydrogen-bond donors (Lipinski definition) is 4. The summed E-state index contributed by atoms with van der Waals surface area (Å²) in [6, 6.07) is 8.65. The number of carbonyl (C=O) groups excluding carboxylic acids is 1. The molecule has 0 saturated heterocycles. The van der Waals surface area contributed by atoms with Crippen LogP contribution in [0, 0.1) is 10.1 Å². The molecule has 1 aliphatic rings. The second-order valence-electron chi connectivity index (χ2n) is 7.61. The summed E-state index contributed by atoms with van der Waals surface area (Å²) in [5.41, 5.74) is -0.215. The second-order valence-corrected chi connectivity index (χ2v) is 7.61. The Labute approximate surface area is 201 Å². The van der Waals surface area contributed by atoms with Crippen molar-refractivity contribution in [2.45, 2.75) is 25.4 Å². The van der Waals surface area contributed by atoms with Crippen molar-refractivity contribution in [3.8, 4) is 0 Å². The fourth-order valence-electron chi connectivity index (χ4n) is 3.96. The Morgan fingerprint density at radius 1 is 1.18 bits per heavy atom. The van der Waals surface area contributed by atoms with Gasteiger partial charge in [0.05, 0.1) is 22.0 Å². The zero-order valence-electron chi connectivity index (χ0n) is 17.6. The number of nitrogens with one attached hydrogen (secondary N) is 3. The van der Waals surface area contributed by atoms with Crippen LogP contribution in [0.5, 0.6) is 0 Å². The van der Waals surface area contributed by atoms with Gasteiger partial charge in [0.2, 0.25) is 5.91 Å². The number of nitro benzene ring substituents is 1.